The van der Waals surface area contributed by atoms with Crippen LogP contribution in [0.3, 0.4) is 0 Å². The molecule has 4 bridgehead atoms. The van der Waals surface area contributed by atoms with E-state index >= 15 is 0 Å². The Morgan fingerprint density at radius 1 is 0.467 bits per heavy atom. The maximum absolute atomic E-state index is 5.87. The van der Waals surface area contributed by atoms with E-state index in [-0.39, 0.29) is 0 Å². The van der Waals surface area contributed by atoms with Gasteiger partial charge in [0.1, 0.15) is 0 Å². The lowest BCUT2D eigenvalue weighted by Crippen LogP contribution is -2.04. The smallest absolute Gasteiger partial charge is 0.0727 e. The summed E-state index contributed by atoms with van der Waals surface area (Å²) in [7, 11) is 0. The molecule has 1 aliphatic rings. The summed E-state index contributed by atoms with van der Waals surface area (Å²) in [6, 6.07) is 12.5. The zero-order valence-electron chi connectivity index (χ0n) is 17.3. The molecule has 4 nitrogen and oxygen atoms in total. The van der Waals surface area contributed by atoms with E-state index in [2.05, 4.69) is 68.3 Å². The lowest BCUT2D eigenvalue weighted by Gasteiger charge is -2.13. The van der Waals surface area contributed by atoms with E-state index in [1.165, 1.54) is 0 Å². The highest BCUT2D eigenvalue weighted by Crippen LogP contribution is 2.25. The van der Waals surface area contributed by atoms with E-state index in [9.17, 15) is 0 Å². The molecule has 0 atom stereocenters. The lowest BCUT2D eigenvalue weighted by atomic mass is 10.1. The lowest BCUT2D eigenvalue weighted by molar-refractivity contribution is 0.0856. The van der Waals surface area contributed by atoms with Gasteiger partial charge in [0.05, 0.1) is 26.4 Å². The predicted octanol–water partition coefficient (Wildman–Crippen LogP) is 6.55. The highest BCUT2D eigenvalue weighted by atomic mass is 79.9. The van der Waals surface area contributed by atoms with Gasteiger partial charge < -0.3 is 18.9 Å². The van der Waals surface area contributed by atoms with Crippen molar-refractivity contribution in [1.82, 2.24) is 0 Å². The minimum Gasteiger partial charge on any atom is -0.377 e. The second-order valence-electron chi connectivity index (χ2n) is 7.41. The number of fused-ring (bicyclic) bond motifs is 4. The van der Waals surface area contributed by atoms with Crippen LogP contribution in [0, 0.1) is 0 Å². The van der Waals surface area contributed by atoms with Crippen LogP contribution in [0.25, 0.3) is 0 Å². The minimum absolute atomic E-state index is 0.604. The maximum atomic E-state index is 5.87. The summed E-state index contributed by atoms with van der Waals surface area (Å²) in [4.78, 5) is 0. The third-order valence-electron chi connectivity index (χ3n) is 5.00. The average molecular weight is 542 g/mol. The summed E-state index contributed by atoms with van der Waals surface area (Å²) < 4.78 is 25.7. The molecule has 3 rings (SSSR count). The molecule has 0 N–H and O–H groups in total. The highest BCUT2D eigenvalue weighted by molar-refractivity contribution is 9.10. The SMILES string of the molecule is Brc1c2cccc1COCCCCOCc1cccc(c1Br)COCCCCOC2. The first-order valence-electron chi connectivity index (χ1n) is 10.6. The molecule has 164 valence electrons. The number of rotatable bonds is 0. The molecule has 6 heteroatoms. The molecule has 0 aromatic heterocycles. The topological polar surface area (TPSA) is 36.9 Å². The van der Waals surface area contributed by atoms with E-state index < -0.39 is 0 Å². The van der Waals surface area contributed by atoms with E-state index in [0.717, 1.165) is 83.3 Å². The Balaban J connectivity index is 1.55. The highest BCUT2D eigenvalue weighted by Gasteiger charge is 2.08. The number of halogens is 2. The van der Waals surface area contributed by atoms with Crippen LogP contribution < -0.4 is 0 Å². The molecule has 30 heavy (non-hydrogen) atoms. The van der Waals surface area contributed by atoms with Crippen molar-refractivity contribution in [1.29, 1.82) is 0 Å². The fraction of sp³-hybridized carbons (Fsp3) is 0.500. The van der Waals surface area contributed by atoms with Crippen molar-refractivity contribution in [3.05, 3.63) is 67.6 Å². The van der Waals surface area contributed by atoms with Crippen molar-refractivity contribution >= 4 is 31.9 Å². The zero-order valence-corrected chi connectivity index (χ0v) is 20.5. The van der Waals surface area contributed by atoms with Crippen LogP contribution in [0.2, 0.25) is 0 Å². The monoisotopic (exact) mass is 540 g/mol. The van der Waals surface area contributed by atoms with Gasteiger partial charge in [-0.05, 0) is 47.9 Å². The summed E-state index contributed by atoms with van der Waals surface area (Å²) in [6.45, 7) is 5.33. The molecule has 0 radical (unpaired) electrons. The molecule has 2 aromatic rings. The first kappa shape index (κ1) is 23.9. The van der Waals surface area contributed by atoms with Crippen LogP contribution in [-0.2, 0) is 45.4 Å². The van der Waals surface area contributed by atoms with Gasteiger partial charge in [0, 0.05) is 35.4 Å². The van der Waals surface area contributed by atoms with Crippen LogP contribution in [0.1, 0.15) is 47.9 Å². The van der Waals surface area contributed by atoms with Gasteiger partial charge in [-0.3, -0.25) is 0 Å². The number of ether oxygens (including phenoxy) is 4. The first-order chi connectivity index (χ1) is 14.8. The third-order valence-corrected chi connectivity index (χ3v) is 7.04. The van der Waals surface area contributed by atoms with Gasteiger partial charge in [0.25, 0.3) is 0 Å². The van der Waals surface area contributed by atoms with Crippen molar-refractivity contribution in [2.75, 3.05) is 26.4 Å². The largest absolute Gasteiger partial charge is 0.377 e. The first-order valence-corrected chi connectivity index (χ1v) is 12.2. The summed E-state index contributed by atoms with van der Waals surface area (Å²) in [5.74, 6) is 0. The maximum Gasteiger partial charge on any atom is 0.0727 e. The van der Waals surface area contributed by atoms with Crippen molar-refractivity contribution in [2.24, 2.45) is 0 Å². The Morgan fingerprint density at radius 3 is 1.00 bits per heavy atom. The van der Waals surface area contributed by atoms with Gasteiger partial charge in [-0.15, -0.1) is 0 Å². The fourth-order valence-electron chi connectivity index (χ4n) is 3.26. The summed E-state index contributed by atoms with van der Waals surface area (Å²) in [6.07, 6.45) is 3.93. The second-order valence-corrected chi connectivity index (χ2v) is 8.99. The number of hydrogen-bond acceptors (Lipinski definition) is 4. The van der Waals surface area contributed by atoms with Gasteiger partial charge >= 0.3 is 0 Å². The predicted molar refractivity (Wildman–Crippen MR) is 125 cm³/mol. The second kappa shape index (κ2) is 13.6. The molecule has 0 unspecified atom stereocenters. The third kappa shape index (κ3) is 7.74. The van der Waals surface area contributed by atoms with Crippen LogP contribution in [0.15, 0.2) is 45.3 Å². The molecule has 1 heterocycles. The molecular weight excluding hydrogens is 512 g/mol. The van der Waals surface area contributed by atoms with Gasteiger partial charge in [0.2, 0.25) is 0 Å². The zero-order chi connectivity index (χ0) is 21.0. The van der Waals surface area contributed by atoms with Crippen molar-refractivity contribution in [3.8, 4) is 0 Å². The van der Waals surface area contributed by atoms with Gasteiger partial charge in [-0.2, -0.15) is 0 Å². The van der Waals surface area contributed by atoms with Crippen LogP contribution in [-0.4, -0.2) is 26.4 Å². The Morgan fingerprint density at radius 2 is 0.733 bits per heavy atom. The van der Waals surface area contributed by atoms with Crippen LogP contribution in [0.5, 0.6) is 0 Å². The normalized spacial score (nSPS) is 18.2. The fourth-order valence-corrected chi connectivity index (χ4v) is 4.24. The van der Waals surface area contributed by atoms with E-state index in [1.54, 1.807) is 0 Å². The van der Waals surface area contributed by atoms with Gasteiger partial charge in [0.15, 0.2) is 0 Å². The van der Waals surface area contributed by atoms with Crippen LogP contribution in [0.4, 0.5) is 0 Å². The number of benzene rings is 2. The Labute approximate surface area is 196 Å². The summed E-state index contributed by atoms with van der Waals surface area (Å²) in [5.41, 5.74) is 4.64. The molecule has 0 amide bonds. The molecule has 0 fully saturated rings. The average Bonchev–Trinajstić information content (AvgIpc) is 2.75. The molecule has 0 saturated heterocycles. The molecule has 2 aromatic carbocycles. The Kier molecular flexibility index (Phi) is 10.8. The van der Waals surface area contributed by atoms with E-state index in [0.29, 0.717) is 26.4 Å². The standard InChI is InChI=1S/C24H30Br2O4/c25-23-19-7-5-9-21(23)17-29-13-3-4-14-30-18-22-10-6-8-20(24(22)26)16-28-12-2-1-11-27-15-19/h5-10H,1-4,11-18H2. The Bertz CT molecular complexity index is 660. The van der Waals surface area contributed by atoms with E-state index in [4.69, 9.17) is 18.9 Å². The molecular formula is C24H30Br2O4. The van der Waals surface area contributed by atoms with Gasteiger partial charge in [-0.1, -0.05) is 68.3 Å². The molecule has 1 aliphatic heterocycles. The molecule has 0 saturated carbocycles. The van der Waals surface area contributed by atoms with Crippen LogP contribution >= 0.6 is 31.9 Å². The Hall–Kier alpha value is -0.760. The van der Waals surface area contributed by atoms with Crippen molar-refractivity contribution in [2.45, 2.75) is 52.1 Å². The molecule has 0 aliphatic carbocycles. The van der Waals surface area contributed by atoms with Crippen molar-refractivity contribution in [3.63, 3.8) is 0 Å². The number of hydrogen-bond donors (Lipinski definition) is 0. The molecule has 0 spiro atoms. The summed E-state index contributed by atoms with van der Waals surface area (Å²) >= 11 is 7.42. The van der Waals surface area contributed by atoms with Gasteiger partial charge in [-0.25, -0.2) is 0 Å². The summed E-state index contributed by atoms with van der Waals surface area (Å²) in [5, 5.41) is 0. The minimum atomic E-state index is 0.604. The quantitative estimate of drug-likeness (QED) is 0.379. The van der Waals surface area contributed by atoms with Crippen molar-refractivity contribution < 1.29 is 18.9 Å². The van der Waals surface area contributed by atoms with E-state index in [1.807, 2.05) is 0 Å².